The van der Waals surface area contributed by atoms with Crippen molar-refractivity contribution in [3.05, 3.63) is 62.7 Å². The van der Waals surface area contributed by atoms with Crippen LogP contribution >= 0.6 is 11.3 Å². The molecule has 1 amide bonds. The first-order valence-corrected chi connectivity index (χ1v) is 10.2. The molecule has 0 atom stereocenters. The van der Waals surface area contributed by atoms with Crippen LogP contribution in [0.3, 0.4) is 0 Å². The van der Waals surface area contributed by atoms with Gasteiger partial charge in [-0.15, -0.1) is 11.3 Å². The van der Waals surface area contributed by atoms with Crippen molar-refractivity contribution in [1.82, 2.24) is 24.9 Å². The van der Waals surface area contributed by atoms with E-state index >= 15 is 0 Å². The second kappa shape index (κ2) is 8.22. The highest BCUT2D eigenvalue weighted by Crippen LogP contribution is 2.15. The number of benzene rings is 1. The number of piperazine rings is 1. The summed E-state index contributed by atoms with van der Waals surface area (Å²) >= 11 is 1.78. The van der Waals surface area contributed by atoms with Crippen molar-refractivity contribution in [3.8, 4) is 0 Å². The highest BCUT2D eigenvalue weighted by atomic mass is 32.1. The lowest BCUT2D eigenvalue weighted by Crippen LogP contribution is -2.47. The minimum absolute atomic E-state index is 0.163. The van der Waals surface area contributed by atoms with E-state index in [1.54, 1.807) is 30.5 Å². The Hall–Kier alpha value is -2.55. The van der Waals surface area contributed by atoms with Gasteiger partial charge >= 0.3 is 0 Å². The lowest BCUT2D eigenvalue weighted by molar-refractivity contribution is 0.0928. The quantitative estimate of drug-likeness (QED) is 0.708. The Labute approximate surface area is 167 Å². The number of thiophene rings is 1. The first-order valence-electron chi connectivity index (χ1n) is 9.35. The molecule has 1 aliphatic rings. The predicted molar refractivity (Wildman–Crippen MR) is 111 cm³/mol. The van der Waals surface area contributed by atoms with Crippen molar-refractivity contribution < 1.29 is 4.79 Å². The van der Waals surface area contributed by atoms with Gasteiger partial charge in [0, 0.05) is 50.0 Å². The Morgan fingerprint density at radius 3 is 2.46 bits per heavy atom. The Morgan fingerprint density at radius 1 is 1.07 bits per heavy atom. The minimum Gasteiger partial charge on any atom is -0.354 e. The van der Waals surface area contributed by atoms with Crippen LogP contribution in [0, 0.1) is 0 Å². The van der Waals surface area contributed by atoms with Crippen LogP contribution in [0.4, 0.5) is 0 Å². The third-order valence-corrected chi connectivity index (χ3v) is 5.93. The van der Waals surface area contributed by atoms with Crippen molar-refractivity contribution >= 4 is 28.0 Å². The molecule has 146 valence electrons. The molecule has 1 aliphatic heterocycles. The van der Waals surface area contributed by atoms with Gasteiger partial charge in [-0.2, -0.15) is 5.10 Å². The zero-order valence-corrected chi connectivity index (χ0v) is 16.6. The fraction of sp³-hybridized carbons (Fsp3) is 0.350. The van der Waals surface area contributed by atoms with Gasteiger partial charge in [-0.25, -0.2) is 4.68 Å². The zero-order chi connectivity index (χ0) is 19.5. The molecule has 0 radical (unpaired) electrons. The van der Waals surface area contributed by atoms with Crippen molar-refractivity contribution in [1.29, 1.82) is 0 Å². The lowest BCUT2D eigenvalue weighted by atomic mass is 10.1. The Balaban J connectivity index is 1.51. The van der Waals surface area contributed by atoms with Crippen LogP contribution in [0.5, 0.6) is 0 Å². The average molecular weight is 398 g/mol. The van der Waals surface area contributed by atoms with Crippen LogP contribution in [0.2, 0.25) is 0 Å². The van der Waals surface area contributed by atoms with Crippen molar-refractivity contribution in [2.45, 2.75) is 13.2 Å². The number of hydrogen-bond acceptors (Lipinski definition) is 6. The number of carbonyl (C=O) groups excluding carboxylic acids is 1. The largest absolute Gasteiger partial charge is 0.354 e. The molecular weight excluding hydrogens is 374 g/mol. The van der Waals surface area contributed by atoms with Crippen molar-refractivity contribution in [3.63, 3.8) is 0 Å². The minimum atomic E-state index is -0.286. The molecule has 0 unspecified atom stereocenters. The average Bonchev–Trinajstić information content (AvgIpc) is 3.24. The molecular formula is C20H23N5O2S. The Morgan fingerprint density at radius 2 is 1.79 bits per heavy atom. The van der Waals surface area contributed by atoms with Gasteiger partial charge in [0.15, 0.2) is 5.69 Å². The van der Waals surface area contributed by atoms with Gasteiger partial charge in [-0.3, -0.25) is 19.4 Å². The zero-order valence-electron chi connectivity index (χ0n) is 15.8. The molecule has 7 nitrogen and oxygen atoms in total. The van der Waals surface area contributed by atoms with E-state index in [4.69, 9.17) is 0 Å². The van der Waals surface area contributed by atoms with Gasteiger partial charge in [0.05, 0.1) is 12.1 Å². The summed E-state index contributed by atoms with van der Waals surface area (Å²) < 4.78 is 1.42. The van der Waals surface area contributed by atoms with E-state index in [9.17, 15) is 9.59 Å². The van der Waals surface area contributed by atoms with Crippen LogP contribution in [0.15, 0.2) is 46.6 Å². The molecule has 4 rings (SSSR count). The number of fused-ring (bicyclic) bond motifs is 1. The Kier molecular flexibility index (Phi) is 5.52. The standard InChI is InChI=1S/C20H23N5O2S/c1-21-19(26)18-16-6-2-3-7-17(16)20(27)25(22-18)14-24-10-8-23(9-11-24)13-15-5-4-12-28-15/h2-7,12H,8-11,13-14H2,1H3,(H,21,26). The molecule has 0 spiro atoms. The van der Waals surface area contributed by atoms with E-state index in [0.29, 0.717) is 17.4 Å². The summed E-state index contributed by atoms with van der Waals surface area (Å²) in [7, 11) is 1.57. The summed E-state index contributed by atoms with van der Waals surface area (Å²) in [5, 5.41) is 10.2. The number of nitrogens with one attached hydrogen (secondary N) is 1. The summed E-state index contributed by atoms with van der Waals surface area (Å²) in [5.41, 5.74) is 0.123. The molecule has 8 heteroatoms. The molecule has 3 aromatic rings. The molecule has 1 fully saturated rings. The normalized spacial score (nSPS) is 15.8. The maximum absolute atomic E-state index is 12.9. The first-order chi connectivity index (χ1) is 13.7. The molecule has 28 heavy (non-hydrogen) atoms. The predicted octanol–water partition coefficient (Wildman–Crippen LogP) is 1.59. The first kappa shape index (κ1) is 18.8. The maximum Gasteiger partial charge on any atom is 0.275 e. The van der Waals surface area contributed by atoms with Crippen molar-refractivity contribution in [2.24, 2.45) is 0 Å². The number of hydrogen-bond donors (Lipinski definition) is 1. The van der Waals surface area contributed by atoms with Crippen LogP contribution < -0.4 is 10.9 Å². The molecule has 1 saturated heterocycles. The van der Waals surface area contributed by atoms with E-state index in [-0.39, 0.29) is 17.2 Å². The second-order valence-electron chi connectivity index (χ2n) is 6.89. The van der Waals surface area contributed by atoms with Crippen LogP contribution in [0.1, 0.15) is 15.4 Å². The van der Waals surface area contributed by atoms with E-state index in [1.807, 2.05) is 12.1 Å². The monoisotopic (exact) mass is 397 g/mol. The number of rotatable bonds is 5. The van der Waals surface area contributed by atoms with Crippen LogP contribution in [0.25, 0.3) is 10.8 Å². The molecule has 2 aromatic heterocycles. The third kappa shape index (κ3) is 3.84. The second-order valence-corrected chi connectivity index (χ2v) is 7.93. The number of carbonyl (C=O) groups is 1. The number of aromatic nitrogens is 2. The molecule has 3 heterocycles. The summed E-state index contributed by atoms with van der Waals surface area (Å²) in [4.78, 5) is 31.2. The maximum atomic E-state index is 12.9. The van der Waals surface area contributed by atoms with Crippen LogP contribution in [-0.2, 0) is 13.2 Å². The summed E-state index contributed by atoms with van der Waals surface area (Å²) in [6.45, 7) is 4.98. The third-order valence-electron chi connectivity index (χ3n) is 5.07. The molecule has 0 aliphatic carbocycles. The highest BCUT2D eigenvalue weighted by Gasteiger charge is 2.20. The van der Waals surface area contributed by atoms with E-state index in [1.165, 1.54) is 9.56 Å². The molecule has 1 aromatic carbocycles. The van der Waals surface area contributed by atoms with Crippen molar-refractivity contribution in [2.75, 3.05) is 33.2 Å². The molecule has 1 N–H and O–H groups in total. The number of amides is 1. The lowest BCUT2D eigenvalue weighted by Gasteiger charge is -2.34. The van der Waals surface area contributed by atoms with Crippen LogP contribution in [-0.4, -0.2) is 58.7 Å². The Bertz CT molecular complexity index is 1020. The van der Waals surface area contributed by atoms with E-state index in [0.717, 1.165) is 32.7 Å². The van der Waals surface area contributed by atoms with Gasteiger partial charge < -0.3 is 5.32 Å². The topological polar surface area (TPSA) is 70.5 Å². The molecule has 0 bridgehead atoms. The number of nitrogens with zero attached hydrogens (tertiary/aromatic N) is 4. The van der Waals surface area contributed by atoms with E-state index < -0.39 is 0 Å². The van der Waals surface area contributed by atoms with Gasteiger partial charge in [0.1, 0.15) is 0 Å². The fourth-order valence-electron chi connectivity index (χ4n) is 3.52. The molecule has 0 saturated carbocycles. The van der Waals surface area contributed by atoms with Gasteiger partial charge in [0.25, 0.3) is 11.5 Å². The summed E-state index contributed by atoms with van der Waals surface area (Å²) in [6, 6.07) is 11.4. The van der Waals surface area contributed by atoms with E-state index in [2.05, 4.69) is 37.7 Å². The smallest absolute Gasteiger partial charge is 0.275 e. The summed E-state index contributed by atoms with van der Waals surface area (Å²) in [6.07, 6.45) is 0. The van der Waals surface area contributed by atoms with Gasteiger partial charge in [0.2, 0.25) is 0 Å². The highest BCUT2D eigenvalue weighted by molar-refractivity contribution is 7.09. The SMILES string of the molecule is CNC(=O)c1nn(CN2CCN(Cc3cccs3)CC2)c(=O)c2ccccc12. The fourth-order valence-corrected chi connectivity index (χ4v) is 4.26. The van der Waals surface area contributed by atoms with Gasteiger partial charge in [-0.05, 0) is 17.5 Å². The summed E-state index contributed by atoms with van der Waals surface area (Å²) in [5.74, 6) is -0.286. The van der Waals surface area contributed by atoms with Gasteiger partial charge in [-0.1, -0.05) is 24.3 Å².